The van der Waals surface area contributed by atoms with Gasteiger partial charge in [0.2, 0.25) is 0 Å². The maximum absolute atomic E-state index is 13.1. The van der Waals surface area contributed by atoms with Crippen molar-refractivity contribution in [1.82, 2.24) is 4.98 Å². The lowest BCUT2D eigenvalue weighted by Crippen LogP contribution is -2.11. The second kappa shape index (κ2) is 9.28. The maximum atomic E-state index is 13.1. The van der Waals surface area contributed by atoms with E-state index in [9.17, 15) is 4.79 Å². The number of halogens is 3. The van der Waals surface area contributed by atoms with Crippen molar-refractivity contribution in [2.45, 2.75) is 0 Å². The van der Waals surface area contributed by atoms with Crippen molar-refractivity contribution in [3.63, 3.8) is 0 Å². The Morgan fingerprint density at radius 3 is 1.91 bits per heavy atom. The molecule has 0 aliphatic carbocycles. The van der Waals surface area contributed by atoms with Crippen LogP contribution in [0.2, 0.25) is 15.1 Å². The number of amides is 1. The van der Waals surface area contributed by atoms with Crippen molar-refractivity contribution in [2.75, 3.05) is 11.1 Å². The van der Waals surface area contributed by atoms with E-state index < -0.39 is 0 Å². The molecule has 0 saturated carbocycles. The first kappa shape index (κ1) is 22.7. The molecule has 1 amide bonds. The number of nitrogen functional groups attached to an aromatic ring is 1. The van der Waals surface area contributed by atoms with Crippen molar-refractivity contribution < 1.29 is 4.79 Å². The van der Waals surface area contributed by atoms with Gasteiger partial charge in [-0.2, -0.15) is 0 Å². The lowest BCUT2D eigenvalue weighted by atomic mass is 9.99. The zero-order chi connectivity index (χ0) is 23.8. The quantitative estimate of drug-likeness (QED) is 0.248. The number of nitrogens with zero attached hydrogens (tertiary/aromatic N) is 1. The number of anilines is 2. The summed E-state index contributed by atoms with van der Waals surface area (Å²) in [5.74, 6) is -0.307. The number of hydrogen-bond donors (Lipinski definition) is 2. The molecule has 5 rings (SSSR count). The number of benzene rings is 3. The van der Waals surface area contributed by atoms with Crippen LogP contribution in [0.1, 0.15) is 9.67 Å². The van der Waals surface area contributed by atoms with Gasteiger partial charge in [-0.25, -0.2) is 4.98 Å². The zero-order valence-corrected chi connectivity index (χ0v) is 20.6. The maximum Gasteiger partial charge on any atom is 0.267 e. The lowest BCUT2D eigenvalue weighted by molar-refractivity contribution is 0.103. The van der Waals surface area contributed by atoms with E-state index >= 15 is 0 Å². The van der Waals surface area contributed by atoms with Crippen LogP contribution in [0.3, 0.4) is 0 Å². The summed E-state index contributed by atoms with van der Waals surface area (Å²) in [6.45, 7) is 0. The van der Waals surface area contributed by atoms with E-state index in [1.165, 1.54) is 11.3 Å². The Morgan fingerprint density at radius 1 is 0.794 bits per heavy atom. The first-order valence-corrected chi connectivity index (χ1v) is 12.2. The summed E-state index contributed by atoms with van der Waals surface area (Å²) in [5.41, 5.74) is 11.0. The number of nitrogens with one attached hydrogen (secondary N) is 1. The van der Waals surface area contributed by atoms with Crippen LogP contribution in [-0.2, 0) is 0 Å². The van der Waals surface area contributed by atoms with Crippen LogP contribution in [0.4, 0.5) is 11.4 Å². The van der Waals surface area contributed by atoms with Crippen LogP contribution in [0, 0.1) is 0 Å². The van der Waals surface area contributed by atoms with E-state index in [0.29, 0.717) is 36.2 Å². The number of aromatic nitrogens is 1. The van der Waals surface area contributed by atoms with Crippen molar-refractivity contribution in [1.29, 1.82) is 0 Å². The third kappa shape index (κ3) is 4.48. The van der Waals surface area contributed by atoms with Gasteiger partial charge in [0.15, 0.2) is 0 Å². The monoisotopic (exact) mass is 523 g/mol. The van der Waals surface area contributed by atoms with Crippen LogP contribution < -0.4 is 11.1 Å². The number of fused-ring (bicyclic) bond motifs is 1. The second-order valence-corrected chi connectivity index (χ2v) is 9.86. The number of carbonyl (C=O) groups is 1. The fourth-order valence-corrected chi connectivity index (χ4v) is 5.03. The SMILES string of the molecule is Nc1c(C(=O)Nc2ccc(Cl)cc2)sc2nc(-c3ccc(Cl)cc3)cc(-c3ccc(Cl)cc3)c12. The highest BCUT2D eigenvalue weighted by atomic mass is 35.5. The molecule has 0 atom stereocenters. The Labute approximate surface area is 214 Å². The lowest BCUT2D eigenvalue weighted by Gasteiger charge is -2.09. The molecule has 3 N–H and O–H groups in total. The van der Waals surface area contributed by atoms with E-state index in [1.807, 2.05) is 54.6 Å². The Morgan fingerprint density at radius 2 is 1.32 bits per heavy atom. The molecule has 5 aromatic rings. The van der Waals surface area contributed by atoms with Gasteiger partial charge in [-0.15, -0.1) is 11.3 Å². The molecule has 8 heteroatoms. The number of thiophene rings is 1. The third-order valence-corrected chi connectivity index (χ3v) is 7.16. The van der Waals surface area contributed by atoms with Gasteiger partial charge in [0.1, 0.15) is 9.71 Å². The zero-order valence-electron chi connectivity index (χ0n) is 17.5. The van der Waals surface area contributed by atoms with Gasteiger partial charge in [-0.05, 0) is 65.7 Å². The Kier molecular flexibility index (Phi) is 6.19. The molecule has 3 aromatic carbocycles. The molecular formula is C26H16Cl3N3OS. The van der Waals surface area contributed by atoms with E-state index in [2.05, 4.69) is 5.32 Å². The Bertz CT molecular complexity index is 1510. The highest BCUT2D eigenvalue weighted by Crippen LogP contribution is 2.42. The van der Waals surface area contributed by atoms with Crippen molar-refractivity contribution in [3.05, 3.63) is 98.8 Å². The molecule has 2 heterocycles. The van der Waals surface area contributed by atoms with E-state index in [4.69, 9.17) is 45.5 Å². The van der Waals surface area contributed by atoms with E-state index in [-0.39, 0.29) is 5.91 Å². The fraction of sp³-hybridized carbons (Fsp3) is 0. The summed E-state index contributed by atoms with van der Waals surface area (Å²) in [4.78, 5) is 19.0. The summed E-state index contributed by atoms with van der Waals surface area (Å²) in [5, 5.41) is 5.47. The summed E-state index contributed by atoms with van der Waals surface area (Å²) < 4.78 is 0. The van der Waals surface area contributed by atoms with Gasteiger partial charge in [0, 0.05) is 31.7 Å². The molecule has 0 saturated heterocycles. The number of carbonyl (C=O) groups excluding carboxylic acids is 1. The van der Waals surface area contributed by atoms with Crippen LogP contribution in [-0.4, -0.2) is 10.9 Å². The molecule has 0 unspecified atom stereocenters. The number of pyridine rings is 1. The molecule has 168 valence electrons. The van der Waals surface area contributed by atoms with E-state index in [0.717, 1.165) is 27.8 Å². The van der Waals surface area contributed by atoms with Gasteiger partial charge in [0.25, 0.3) is 5.91 Å². The van der Waals surface area contributed by atoms with Crippen molar-refractivity contribution in [2.24, 2.45) is 0 Å². The summed E-state index contributed by atoms with van der Waals surface area (Å²) in [6, 6.07) is 23.8. The van der Waals surface area contributed by atoms with Crippen molar-refractivity contribution in [3.8, 4) is 22.4 Å². The van der Waals surface area contributed by atoms with Gasteiger partial charge < -0.3 is 11.1 Å². The highest BCUT2D eigenvalue weighted by Gasteiger charge is 2.22. The van der Waals surface area contributed by atoms with Crippen LogP contribution >= 0.6 is 46.1 Å². The smallest absolute Gasteiger partial charge is 0.267 e. The minimum absolute atomic E-state index is 0.307. The van der Waals surface area contributed by atoms with Gasteiger partial charge >= 0.3 is 0 Å². The summed E-state index contributed by atoms with van der Waals surface area (Å²) in [7, 11) is 0. The van der Waals surface area contributed by atoms with Gasteiger partial charge in [-0.3, -0.25) is 4.79 Å². The molecule has 0 radical (unpaired) electrons. The predicted octanol–water partition coefficient (Wildman–Crippen LogP) is 8.43. The molecule has 0 spiro atoms. The average molecular weight is 525 g/mol. The molecule has 34 heavy (non-hydrogen) atoms. The average Bonchev–Trinajstić information content (AvgIpc) is 3.17. The summed E-state index contributed by atoms with van der Waals surface area (Å²) in [6.07, 6.45) is 0. The van der Waals surface area contributed by atoms with E-state index in [1.54, 1.807) is 24.3 Å². The molecule has 0 bridgehead atoms. The van der Waals surface area contributed by atoms with Crippen molar-refractivity contribution >= 4 is 73.6 Å². The number of nitrogens with two attached hydrogens (primary N) is 1. The highest BCUT2D eigenvalue weighted by molar-refractivity contribution is 7.21. The molecule has 0 aliphatic heterocycles. The van der Waals surface area contributed by atoms with Crippen LogP contribution in [0.15, 0.2) is 78.9 Å². The minimum Gasteiger partial charge on any atom is -0.397 e. The van der Waals surface area contributed by atoms with Gasteiger partial charge in [0.05, 0.1) is 11.4 Å². The fourth-order valence-electron chi connectivity index (χ4n) is 3.64. The first-order valence-electron chi connectivity index (χ1n) is 10.2. The topological polar surface area (TPSA) is 68.0 Å². The molecule has 0 fully saturated rings. The third-order valence-electron chi connectivity index (χ3n) is 5.30. The number of rotatable bonds is 4. The normalized spacial score (nSPS) is 11.0. The predicted molar refractivity (Wildman–Crippen MR) is 144 cm³/mol. The Balaban J connectivity index is 1.66. The standard InChI is InChI=1S/C26H16Cl3N3OS/c27-16-5-1-14(2-6-16)20-13-21(15-3-7-17(28)8-4-15)32-26-22(20)23(30)24(34-26)25(33)31-19-11-9-18(29)10-12-19/h1-13H,30H2,(H,31,33). The molecule has 4 nitrogen and oxygen atoms in total. The molecule has 0 aliphatic rings. The van der Waals surface area contributed by atoms with Crippen LogP contribution in [0.25, 0.3) is 32.6 Å². The van der Waals surface area contributed by atoms with Crippen LogP contribution in [0.5, 0.6) is 0 Å². The minimum atomic E-state index is -0.307. The van der Waals surface area contributed by atoms with Gasteiger partial charge in [-0.1, -0.05) is 59.1 Å². The molecule has 2 aromatic heterocycles. The number of hydrogen-bond acceptors (Lipinski definition) is 4. The second-order valence-electron chi connectivity index (χ2n) is 7.55. The first-order chi connectivity index (χ1) is 16.4. The molecular weight excluding hydrogens is 509 g/mol. The summed E-state index contributed by atoms with van der Waals surface area (Å²) >= 11 is 19.4. The largest absolute Gasteiger partial charge is 0.397 e. The Hall–Kier alpha value is -3.09.